The van der Waals surface area contributed by atoms with Crippen LogP contribution < -0.4 is 19.9 Å². The number of hydrogen-bond acceptors (Lipinski definition) is 4. The number of rotatable bonds is 6. The van der Waals surface area contributed by atoms with Gasteiger partial charge in [0.05, 0.1) is 7.11 Å². The Morgan fingerprint density at radius 1 is 1.32 bits per heavy atom. The summed E-state index contributed by atoms with van der Waals surface area (Å²) in [6.07, 6.45) is 3.58. The van der Waals surface area contributed by atoms with Gasteiger partial charge in [0, 0.05) is 23.7 Å². The molecule has 133 valence electrons. The van der Waals surface area contributed by atoms with Gasteiger partial charge in [-0.1, -0.05) is 12.1 Å². The van der Waals surface area contributed by atoms with Crippen molar-refractivity contribution in [2.24, 2.45) is 0 Å². The second-order valence-electron chi connectivity index (χ2n) is 6.49. The molecule has 0 saturated carbocycles. The van der Waals surface area contributed by atoms with Crippen molar-refractivity contribution in [3.63, 3.8) is 0 Å². The zero-order valence-corrected chi connectivity index (χ0v) is 15.0. The van der Waals surface area contributed by atoms with E-state index in [2.05, 4.69) is 13.0 Å². The van der Waals surface area contributed by atoms with Gasteiger partial charge < -0.3 is 19.9 Å². The molecule has 0 fully saturated rings. The van der Waals surface area contributed by atoms with Gasteiger partial charge in [-0.05, 0) is 56.9 Å². The normalized spacial score (nSPS) is 17.3. The summed E-state index contributed by atoms with van der Waals surface area (Å²) in [5.74, 6) is 2.56. The minimum Gasteiger partial charge on any atom is -0.497 e. The first kappa shape index (κ1) is 17.5. The fourth-order valence-electron chi connectivity index (χ4n) is 3.16. The number of methoxy groups -OCH3 is 1. The molecular weight excluding hydrogens is 314 g/mol. The van der Waals surface area contributed by atoms with E-state index < -0.39 is 0 Å². The SMILES string of the molecule is [CH2]CC(CC1CCc2ccc(OC)cc2O1)Oc1cccc(N)c1C. The molecule has 2 atom stereocenters. The first-order valence-corrected chi connectivity index (χ1v) is 8.75. The molecular formula is C21H26NO3. The van der Waals surface area contributed by atoms with Crippen LogP contribution in [0.3, 0.4) is 0 Å². The second-order valence-corrected chi connectivity index (χ2v) is 6.49. The molecule has 2 aromatic carbocycles. The summed E-state index contributed by atoms with van der Waals surface area (Å²) in [5, 5.41) is 0. The lowest BCUT2D eigenvalue weighted by molar-refractivity contribution is 0.0966. The molecule has 4 heteroatoms. The highest BCUT2D eigenvalue weighted by atomic mass is 16.5. The fraction of sp³-hybridized carbons (Fsp3) is 0.381. The van der Waals surface area contributed by atoms with Crippen molar-refractivity contribution >= 4 is 5.69 Å². The van der Waals surface area contributed by atoms with Crippen molar-refractivity contribution < 1.29 is 14.2 Å². The molecule has 3 rings (SSSR count). The Kier molecular flexibility index (Phi) is 5.37. The average Bonchev–Trinajstić information content (AvgIpc) is 2.64. The molecule has 1 radical (unpaired) electrons. The lowest BCUT2D eigenvalue weighted by Crippen LogP contribution is -2.30. The third kappa shape index (κ3) is 4.01. The van der Waals surface area contributed by atoms with Gasteiger partial charge >= 0.3 is 0 Å². The molecule has 0 saturated heterocycles. The molecule has 2 N–H and O–H groups in total. The van der Waals surface area contributed by atoms with Gasteiger partial charge in [0.25, 0.3) is 0 Å². The van der Waals surface area contributed by atoms with Gasteiger partial charge in [-0.3, -0.25) is 0 Å². The maximum Gasteiger partial charge on any atom is 0.126 e. The third-order valence-corrected chi connectivity index (χ3v) is 4.77. The second kappa shape index (κ2) is 7.68. The molecule has 0 amide bonds. The van der Waals surface area contributed by atoms with Crippen LogP contribution in [0.4, 0.5) is 5.69 Å². The van der Waals surface area contributed by atoms with E-state index in [1.165, 1.54) is 5.56 Å². The van der Waals surface area contributed by atoms with Crippen molar-refractivity contribution in [2.75, 3.05) is 12.8 Å². The Labute approximate surface area is 149 Å². The van der Waals surface area contributed by atoms with Crippen LogP contribution in [0.2, 0.25) is 0 Å². The molecule has 2 unspecified atom stereocenters. The van der Waals surface area contributed by atoms with Crippen LogP contribution in [0.25, 0.3) is 0 Å². The Bertz CT molecular complexity index is 729. The quantitative estimate of drug-likeness (QED) is 0.795. The predicted octanol–water partition coefficient (Wildman–Crippen LogP) is 4.34. The van der Waals surface area contributed by atoms with E-state index in [1.807, 2.05) is 37.3 Å². The molecule has 4 nitrogen and oxygen atoms in total. The van der Waals surface area contributed by atoms with Crippen LogP contribution in [0, 0.1) is 13.8 Å². The summed E-state index contributed by atoms with van der Waals surface area (Å²) in [6, 6.07) is 11.8. The largest absolute Gasteiger partial charge is 0.497 e. The van der Waals surface area contributed by atoms with Crippen LogP contribution in [0.15, 0.2) is 36.4 Å². The Morgan fingerprint density at radius 3 is 2.92 bits per heavy atom. The van der Waals surface area contributed by atoms with E-state index in [0.29, 0.717) is 6.42 Å². The van der Waals surface area contributed by atoms with Gasteiger partial charge in [0.15, 0.2) is 0 Å². The van der Waals surface area contributed by atoms with Crippen molar-refractivity contribution in [1.29, 1.82) is 0 Å². The van der Waals surface area contributed by atoms with Gasteiger partial charge in [-0.25, -0.2) is 0 Å². The van der Waals surface area contributed by atoms with E-state index in [1.54, 1.807) is 7.11 Å². The lowest BCUT2D eigenvalue weighted by atomic mass is 9.97. The summed E-state index contributed by atoms with van der Waals surface area (Å²) in [4.78, 5) is 0. The maximum absolute atomic E-state index is 6.19. The number of fused-ring (bicyclic) bond motifs is 1. The minimum atomic E-state index is -0.00217. The number of ether oxygens (including phenoxy) is 3. The van der Waals surface area contributed by atoms with E-state index in [9.17, 15) is 0 Å². The zero-order valence-electron chi connectivity index (χ0n) is 15.0. The molecule has 25 heavy (non-hydrogen) atoms. The van der Waals surface area contributed by atoms with E-state index in [-0.39, 0.29) is 12.2 Å². The molecule has 1 heterocycles. The number of nitrogen functional groups attached to an aromatic ring is 1. The molecule has 0 aliphatic carbocycles. The monoisotopic (exact) mass is 340 g/mol. The number of benzene rings is 2. The molecule has 0 bridgehead atoms. The van der Waals surface area contributed by atoms with Crippen molar-refractivity contribution in [3.05, 3.63) is 54.4 Å². The summed E-state index contributed by atoms with van der Waals surface area (Å²) in [7, 11) is 1.67. The van der Waals surface area contributed by atoms with Crippen LogP contribution in [-0.4, -0.2) is 19.3 Å². The van der Waals surface area contributed by atoms with E-state index >= 15 is 0 Å². The van der Waals surface area contributed by atoms with Gasteiger partial charge in [-0.15, -0.1) is 0 Å². The van der Waals surface area contributed by atoms with Crippen LogP contribution in [-0.2, 0) is 6.42 Å². The highest BCUT2D eigenvalue weighted by molar-refractivity contribution is 5.53. The van der Waals surface area contributed by atoms with E-state index in [4.69, 9.17) is 19.9 Å². The summed E-state index contributed by atoms with van der Waals surface area (Å²) in [5.41, 5.74) is 8.92. The molecule has 1 aliphatic heterocycles. The zero-order chi connectivity index (χ0) is 17.8. The maximum atomic E-state index is 6.19. The Morgan fingerprint density at radius 2 is 2.16 bits per heavy atom. The van der Waals surface area contributed by atoms with Gasteiger partial charge in [0.2, 0.25) is 0 Å². The van der Waals surface area contributed by atoms with E-state index in [0.717, 1.165) is 47.8 Å². The fourth-order valence-corrected chi connectivity index (χ4v) is 3.16. The number of hydrogen-bond donors (Lipinski definition) is 1. The molecule has 1 aliphatic rings. The van der Waals surface area contributed by atoms with Crippen molar-refractivity contribution in [3.8, 4) is 17.2 Å². The summed E-state index contributed by atoms with van der Waals surface area (Å²) >= 11 is 0. The van der Waals surface area contributed by atoms with Crippen molar-refractivity contribution in [1.82, 2.24) is 0 Å². The van der Waals surface area contributed by atoms with Crippen LogP contribution in [0.5, 0.6) is 17.2 Å². The standard InChI is InChI=1S/C21H26NO3/c1-4-16(24-20-7-5-6-19(22)14(20)2)12-18-11-9-15-8-10-17(23-3)13-21(15)25-18/h5-8,10,13,16,18H,1,4,9,11-12,22H2,2-3H3. The topological polar surface area (TPSA) is 53.7 Å². The molecule has 0 aromatic heterocycles. The third-order valence-electron chi connectivity index (χ3n) is 4.77. The first-order valence-electron chi connectivity index (χ1n) is 8.75. The smallest absolute Gasteiger partial charge is 0.126 e. The molecule has 2 aromatic rings. The minimum absolute atomic E-state index is 0.00217. The van der Waals surface area contributed by atoms with Crippen molar-refractivity contribution in [2.45, 2.75) is 44.8 Å². The van der Waals surface area contributed by atoms with Gasteiger partial charge in [-0.2, -0.15) is 0 Å². The lowest BCUT2D eigenvalue weighted by Gasteiger charge is -2.29. The number of anilines is 1. The highest BCUT2D eigenvalue weighted by Gasteiger charge is 2.24. The average molecular weight is 340 g/mol. The van der Waals surface area contributed by atoms with Gasteiger partial charge in [0.1, 0.15) is 29.5 Å². The van der Waals surface area contributed by atoms with Crippen LogP contribution >= 0.6 is 0 Å². The number of aryl methyl sites for hydroxylation is 1. The predicted molar refractivity (Wildman–Crippen MR) is 100 cm³/mol. The first-order chi connectivity index (χ1) is 12.1. The Balaban J connectivity index is 1.67. The highest BCUT2D eigenvalue weighted by Crippen LogP contribution is 2.33. The Hall–Kier alpha value is -2.36. The molecule has 0 spiro atoms. The van der Waals surface area contributed by atoms with Crippen LogP contribution in [0.1, 0.15) is 30.4 Å². The number of nitrogens with two attached hydrogens (primary N) is 1. The summed E-state index contributed by atoms with van der Waals surface area (Å²) < 4.78 is 17.6. The summed E-state index contributed by atoms with van der Waals surface area (Å²) in [6.45, 7) is 6.02.